The minimum Gasteiger partial charge on any atom is -0.466 e. The van der Waals surface area contributed by atoms with Crippen LogP contribution in [-0.2, 0) is 19.9 Å². The normalized spacial score (nSPS) is 19.6. The van der Waals surface area contributed by atoms with Crippen LogP contribution in [-0.4, -0.2) is 18.5 Å². The van der Waals surface area contributed by atoms with Gasteiger partial charge in [-0.3, -0.25) is 9.59 Å². The maximum absolute atomic E-state index is 15.1. The summed E-state index contributed by atoms with van der Waals surface area (Å²) in [4.78, 5) is 25.7. The first-order valence-corrected chi connectivity index (χ1v) is 10.4. The molecule has 158 valence electrons. The SMILES string of the molecule is CCOC(=O)C[C@@H]1C(=O)NC(c2ccccc2)(c2ccccc2)C1c1ccccc1F. The maximum Gasteiger partial charge on any atom is 0.306 e. The quantitative estimate of drug-likeness (QED) is 0.599. The zero-order valence-electron chi connectivity index (χ0n) is 17.3. The Hall–Kier alpha value is -3.47. The van der Waals surface area contributed by atoms with Crippen LogP contribution in [0, 0.1) is 11.7 Å². The van der Waals surface area contributed by atoms with Crippen LogP contribution >= 0.6 is 0 Å². The number of halogens is 1. The highest BCUT2D eigenvalue weighted by Crippen LogP contribution is 2.52. The Labute approximate surface area is 181 Å². The van der Waals surface area contributed by atoms with Gasteiger partial charge in [0.1, 0.15) is 5.82 Å². The standard InChI is InChI=1S/C26H24FNO3/c1-2-31-23(29)17-21-24(20-15-9-10-16-22(20)27)26(28-25(21)30,18-11-5-3-6-12-18)19-13-7-4-8-14-19/h3-16,21,24H,2,17H2,1H3,(H,28,30)/t21-,24?/m0/s1. The van der Waals surface area contributed by atoms with Crippen LogP contribution in [0.25, 0.3) is 0 Å². The number of benzene rings is 3. The third-order valence-corrected chi connectivity index (χ3v) is 5.92. The first-order chi connectivity index (χ1) is 15.1. The van der Waals surface area contributed by atoms with Crippen molar-refractivity contribution in [3.63, 3.8) is 0 Å². The van der Waals surface area contributed by atoms with Gasteiger partial charge >= 0.3 is 5.97 Å². The van der Waals surface area contributed by atoms with E-state index in [1.807, 2.05) is 60.7 Å². The van der Waals surface area contributed by atoms with E-state index in [4.69, 9.17) is 4.74 Å². The van der Waals surface area contributed by atoms with Gasteiger partial charge in [0.05, 0.1) is 24.5 Å². The lowest BCUT2D eigenvalue weighted by atomic mass is 9.67. The number of amides is 1. The first-order valence-electron chi connectivity index (χ1n) is 10.4. The molecule has 0 saturated carbocycles. The summed E-state index contributed by atoms with van der Waals surface area (Å²) in [5.74, 6) is -2.60. The van der Waals surface area contributed by atoms with Gasteiger partial charge in [-0.2, -0.15) is 0 Å². The highest BCUT2D eigenvalue weighted by atomic mass is 19.1. The highest BCUT2D eigenvalue weighted by molar-refractivity contribution is 5.89. The minimum atomic E-state index is -1.03. The van der Waals surface area contributed by atoms with E-state index in [-0.39, 0.29) is 18.9 Å². The lowest BCUT2D eigenvalue weighted by molar-refractivity contribution is -0.146. The van der Waals surface area contributed by atoms with Crippen LogP contribution in [0.3, 0.4) is 0 Å². The monoisotopic (exact) mass is 417 g/mol. The first kappa shape index (κ1) is 20.8. The van der Waals surface area contributed by atoms with Crippen molar-refractivity contribution in [2.24, 2.45) is 5.92 Å². The molecule has 3 aromatic carbocycles. The van der Waals surface area contributed by atoms with E-state index in [0.717, 1.165) is 11.1 Å². The second kappa shape index (κ2) is 8.72. The molecule has 3 aromatic rings. The van der Waals surface area contributed by atoms with Crippen molar-refractivity contribution in [2.45, 2.75) is 24.8 Å². The van der Waals surface area contributed by atoms with Crippen LogP contribution in [0.4, 0.5) is 4.39 Å². The number of nitrogens with one attached hydrogen (secondary N) is 1. The Kier molecular flexibility index (Phi) is 5.85. The van der Waals surface area contributed by atoms with E-state index in [0.29, 0.717) is 5.56 Å². The second-order valence-corrected chi connectivity index (χ2v) is 7.64. The highest BCUT2D eigenvalue weighted by Gasteiger charge is 2.56. The fourth-order valence-electron chi connectivity index (χ4n) is 4.68. The smallest absolute Gasteiger partial charge is 0.306 e. The van der Waals surface area contributed by atoms with Gasteiger partial charge in [0, 0.05) is 5.92 Å². The Morgan fingerprint density at radius 3 is 2.03 bits per heavy atom. The number of hydrogen-bond acceptors (Lipinski definition) is 3. The fraction of sp³-hybridized carbons (Fsp3) is 0.231. The fourth-order valence-corrected chi connectivity index (χ4v) is 4.68. The van der Waals surface area contributed by atoms with Crippen molar-refractivity contribution in [3.05, 3.63) is 107 Å². The van der Waals surface area contributed by atoms with Crippen LogP contribution in [0.2, 0.25) is 0 Å². The maximum atomic E-state index is 15.1. The summed E-state index contributed by atoms with van der Waals surface area (Å²) in [5.41, 5.74) is 1.02. The molecule has 31 heavy (non-hydrogen) atoms. The van der Waals surface area contributed by atoms with Crippen molar-refractivity contribution in [3.8, 4) is 0 Å². The lowest BCUT2D eigenvalue weighted by Crippen LogP contribution is -2.43. The molecule has 1 unspecified atom stereocenters. The molecule has 1 aliphatic rings. The van der Waals surface area contributed by atoms with E-state index >= 15 is 4.39 Å². The molecule has 4 nitrogen and oxygen atoms in total. The average Bonchev–Trinajstić information content (AvgIpc) is 3.08. The molecule has 1 heterocycles. The van der Waals surface area contributed by atoms with Gasteiger partial charge in [-0.05, 0) is 29.7 Å². The van der Waals surface area contributed by atoms with Gasteiger partial charge in [-0.25, -0.2) is 4.39 Å². The third-order valence-electron chi connectivity index (χ3n) is 5.92. The number of hydrogen-bond donors (Lipinski definition) is 1. The van der Waals surface area contributed by atoms with Gasteiger partial charge in [0.25, 0.3) is 0 Å². The van der Waals surface area contributed by atoms with Crippen molar-refractivity contribution in [2.75, 3.05) is 6.61 Å². The number of carbonyl (C=O) groups excluding carboxylic acids is 2. The van der Waals surface area contributed by atoms with Crippen LogP contribution in [0.1, 0.15) is 36.0 Å². The molecule has 0 spiro atoms. The molecular weight excluding hydrogens is 393 g/mol. The molecule has 2 atom stereocenters. The molecule has 0 aromatic heterocycles. The van der Waals surface area contributed by atoms with Gasteiger partial charge in [0.15, 0.2) is 0 Å². The zero-order valence-corrected chi connectivity index (χ0v) is 17.3. The summed E-state index contributed by atoms with van der Waals surface area (Å²) in [7, 11) is 0. The van der Waals surface area contributed by atoms with E-state index in [1.54, 1.807) is 25.1 Å². The summed E-state index contributed by atoms with van der Waals surface area (Å²) in [5, 5.41) is 3.16. The topological polar surface area (TPSA) is 55.4 Å². The molecule has 1 fully saturated rings. The molecule has 1 N–H and O–H groups in total. The predicted octanol–water partition coefficient (Wildman–Crippen LogP) is 4.55. The van der Waals surface area contributed by atoms with E-state index in [9.17, 15) is 9.59 Å². The van der Waals surface area contributed by atoms with Crippen LogP contribution in [0.15, 0.2) is 84.9 Å². The average molecular weight is 417 g/mol. The summed E-state index contributed by atoms with van der Waals surface area (Å²) in [6.45, 7) is 1.94. The van der Waals surface area contributed by atoms with E-state index in [2.05, 4.69) is 5.32 Å². The molecule has 0 bridgehead atoms. The summed E-state index contributed by atoms with van der Waals surface area (Å²) < 4.78 is 20.3. The molecule has 1 saturated heterocycles. The van der Waals surface area contributed by atoms with E-state index < -0.39 is 29.2 Å². The largest absolute Gasteiger partial charge is 0.466 e. The van der Waals surface area contributed by atoms with Crippen molar-refractivity contribution in [1.82, 2.24) is 5.32 Å². The minimum absolute atomic E-state index is 0.125. The summed E-state index contributed by atoms with van der Waals surface area (Å²) >= 11 is 0. The van der Waals surface area contributed by atoms with Gasteiger partial charge in [0.2, 0.25) is 5.91 Å². The molecular formula is C26H24FNO3. The molecule has 5 heteroatoms. The van der Waals surface area contributed by atoms with Gasteiger partial charge in [-0.1, -0.05) is 78.9 Å². The Balaban J connectivity index is 1.97. The number of rotatable bonds is 6. The number of carbonyl (C=O) groups is 2. The van der Waals surface area contributed by atoms with Crippen LogP contribution in [0.5, 0.6) is 0 Å². The van der Waals surface area contributed by atoms with Crippen molar-refractivity contribution in [1.29, 1.82) is 0 Å². The number of ether oxygens (including phenoxy) is 1. The molecule has 4 rings (SSSR count). The molecule has 1 aliphatic heterocycles. The predicted molar refractivity (Wildman–Crippen MR) is 116 cm³/mol. The molecule has 0 aliphatic carbocycles. The third kappa shape index (κ3) is 3.72. The Morgan fingerprint density at radius 1 is 0.935 bits per heavy atom. The van der Waals surface area contributed by atoms with Crippen LogP contribution < -0.4 is 5.32 Å². The van der Waals surface area contributed by atoms with Crippen molar-refractivity contribution < 1.29 is 18.7 Å². The summed E-state index contributed by atoms with van der Waals surface area (Å²) in [6.07, 6.45) is -0.125. The lowest BCUT2D eigenvalue weighted by Gasteiger charge is -2.38. The Morgan fingerprint density at radius 2 is 1.48 bits per heavy atom. The Bertz CT molecular complexity index is 1030. The molecule has 0 radical (unpaired) electrons. The summed E-state index contributed by atoms with van der Waals surface area (Å²) in [6, 6.07) is 25.5. The number of esters is 1. The zero-order chi connectivity index (χ0) is 21.8. The van der Waals surface area contributed by atoms with Gasteiger partial charge in [-0.15, -0.1) is 0 Å². The second-order valence-electron chi connectivity index (χ2n) is 7.64. The van der Waals surface area contributed by atoms with Crippen molar-refractivity contribution >= 4 is 11.9 Å². The van der Waals surface area contributed by atoms with E-state index in [1.165, 1.54) is 6.07 Å². The van der Waals surface area contributed by atoms with Gasteiger partial charge < -0.3 is 10.1 Å². The molecule has 1 amide bonds.